The van der Waals surface area contributed by atoms with Gasteiger partial charge in [-0.15, -0.1) is 0 Å². The predicted molar refractivity (Wildman–Crippen MR) is 95.0 cm³/mol. The van der Waals surface area contributed by atoms with Crippen LogP contribution in [0.25, 0.3) is 11.6 Å². The van der Waals surface area contributed by atoms with Crippen molar-refractivity contribution in [1.29, 1.82) is 5.26 Å². The lowest BCUT2D eigenvalue weighted by atomic mass is 10.0. The van der Waals surface area contributed by atoms with Gasteiger partial charge in [-0.25, -0.2) is 0 Å². The van der Waals surface area contributed by atoms with Crippen LogP contribution >= 0.6 is 38.5 Å². The fourth-order valence-electron chi connectivity index (χ4n) is 1.81. The Morgan fingerprint density at radius 2 is 2.00 bits per heavy atom. The molecule has 0 radical (unpaired) electrons. The van der Waals surface area contributed by atoms with Gasteiger partial charge in [-0.05, 0) is 64.1 Å². The van der Waals surface area contributed by atoms with Gasteiger partial charge in [0.25, 0.3) is 0 Å². The second-order valence-electron chi connectivity index (χ2n) is 4.23. The Kier molecular flexibility index (Phi) is 5.26. The molecule has 106 valence electrons. The van der Waals surface area contributed by atoms with Crippen molar-refractivity contribution in [2.75, 3.05) is 7.11 Å². The first-order chi connectivity index (χ1) is 10.0. The minimum absolute atomic E-state index is 0.109. The number of allylic oxidation sites excluding steroid dienone is 1. The molecule has 0 heterocycles. The summed E-state index contributed by atoms with van der Waals surface area (Å²) in [5, 5.41) is 19.2. The van der Waals surface area contributed by atoms with Gasteiger partial charge < -0.3 is 9.84 Å². The number of ether oxygens (including phenoxy) is 1. The SMILES string of the molecule is COc1cc(/C=C(/C#N)c2ccc(Br)cc2)cc(I)c1O. The number of phenolic OH excluding ortho intramolecular Hbond substituents is 1. The third kappa shape index (κ3) is 3.77. The lowest BCUT2D eigenvalue weighted by molar-refractivity contribution is 0.371. The minimum atomic E-state index is 0.109. The molecule has 0 fully saturated rings. The van der Waals surface area contributed by atoms with Crippen LogP contribution in [0.5, 0.6) is 11.5 Å². The molecule has 3 nitrogen and oxygen atoms in total. The molecule has 5 heteroatoms. The third-order valence-corrected chi connectivity index (χ3v) is 4.21. The van der Waals surface area contributed by atoms with Crippen LogP contribution in [0.2, 0.25) is 0 Å². The Hall–Kier alpha value is -1.52. The molecule has 2 aromatic carbocycles. The van der Waals surface area contributed by atoms with Gasteiger partial charge in [0.05, 0.1) is 22.3 Å². The fraction of sp³-hybridized carbons (Fsp3) is 0.0625. The van der Waals surface area contributed by atoms with E-state index < -0.39 is 0 Å². The molecule has 0 spiro atoms. The summed E-state index contributed by atoms with van der Waals surface area (Å²) >= 11 is 5.40. The van der Waals surface area contributed by atoms with Gasteiger partial charge in [0.15, 0.2) is 11.5 Å². The van der Waals surface area contributed by atoms with E-state index in [-0.39, 0.29) is 5.75 Å². The molecule has 0 saturated heterocycles. The molecule has 2 rings (SSSR count). The summed E-state index contributed by atoms with van der Waals surface area (Å²) in [6.45, 7) is 0. The molecule has 0 atom stereocenters. The highest BCUT2D eigenvalue weighted by Crippen LogP contribution is 2.33. The second-order valence-corrected chi connectivity index (χ2v) is 6.31. The molecule has 2 aromatic rings. The summed E-state index contributed by atoms with van der Waals surface area (Å²) in [6, 6.07) is 13.2. The largest absolute Gasteiger partial charge is 0.504 e. The van der Waals surface area contributed by atoms with E-state index in [4.69, 9.17) is 4.74 Å². The van der Waals surface area contributed by atoms with Crippen molar-refractivity contribution in [1.82, 2.24) is 0 Å². The number of methoxy groups -OCH3 is 1. The number of phenols is 1. The van der Waals surface area contributed by atoms with Gasteiger partial charge in [0.2, 0.25) is 0 Å². The zero-order valence-corrected chi connectivity index (χ0v) is 14.8. The van der Waals surface area contributed by atoms with E-state index in [1.165, 1.54) is 7.11 Å². The zero-order chi connectivity index (χ0) is 15.4. The maximum atomic E-state index is 9.84. The normalized spacial score (nSPS) is 11.0. The van der Waals surface area contributed by atoms with Crippen molar-refractivity contribution < 1.29 is 9.84 Å². The Balaban J connectivity index is 2.48. The summed E-state index contributed by atoms with van der Waals surface area (Å²) < 4.78 is 6.76. The molecular weight excluding hydrogens is 445 g/mol. The predicted octanol–water partition coefficient (Wildman–Crippen LogP) is 4.83. The van der Waals surface area contributed by atoms with E-state index >= 15 is 0 Å². The summed E-state index contributed by atoms with van der Waals surface area (Å²) in [5.74, 6) is 0.499. The zero-order valence-electron chi connectivity index (χ0n) is 11.1. The summed E-state index contributed by atoms with van der Waals surface area (Å²) in [7, 11) is 1.50. The maximum Gasteiger partial charge on any atom is 0.171 e. The van der Waals surface area contributed by atoms with E-state index in [2.05, 4.69) is 22.0 Å². The van der Waals surface area contributed by atoms with Crippen molar-refractivity contribution in [3.8, 4) is 17.6 Å². The molecule has 0 aromatic heterocycles. The Morgan fingerprint density at radius 1 is 1.33 bits per heavy atom. The fourth-order valence-corrected chi connectivity index (χ4v) is 2.70. The number of halogens is 2. The van der Waals surface area contributed by atoms with Crippen LogP contribution in [0.4, 0.5) is 0 Å². The van der Waals surface area contributed by atoms with Crippen LogP contribution in [0.15, 0.2) is 40.9 Å². The number of aromatic hydroxyl groups is 1. The highest BCUT2D eigenvalue weighted by Gasteiger charge is 2.09. The van der Waals surface area contributed by atoms with Crippen LogP contribution < -0.4 is 4.74 Å². The van der Waals surface area contributed by atoms with Crippen LogP contribution in [0.3, 0.4) is 0 Å². The van der Waals surface area contributed by atoms with Gasteiger partial charge in [0.1, 0.15) is 0 Å². The molecule has 1 N–H and O–H groups in total. The third-order valence-electron chi connectivity index (χ3n) is 2.86. The van der Waals surface area contributed by atoms with E-state index in [9.17, 15) is 10.4 Å². The average molecular weight is 456 g/mol. The number of hydrogen-bond donors (Lipinski definition) is 1. The van der Waals surface area contributed by atoms with Crippen LogP contribution in [0.1, 0.15) is 11.1 Å². The number of hydrogen-bond acceptors (Lipinski definition) is 3. The first-order valence-electron chi connectivity index (χ1n) is 5.99. The number of nitrogens with zero attached hydrogens (tertiary/aromatic N) is 1. The summed E-state index contributed by atoms with van der Waals surface area (Å²) in [4.78, 5) is 0. The van der Waals surface area contributed by atoms with Crippen LogP contribution in [-0.4, -0.2) is 12.2 Å². The monoisotopic (exact) mass is 455 g/mol. The van der Waals surface area contributed by atoms with Crippen molar-refractivity contribution in [2.45, 2.75) is 0 Å². The molecule has 0 aliphatic carbocycles. The molecular formula is C16H11BrINO2. The number of rotatable bonds is 3. The standard InChI is InChI=1S/C16H11BrINO2/c1-21-15-8-10(7-14(18)16(15)20)6-12(9-19)11-2-4-13(17)5-3-11/h2-8,20H,1H3/b12-6-. The topological polar surface area (TPSA) is 53.2 Å². The molecule has 0 saturated carbocycles. The molecule has 0 bridgehead atoms. The van der Waals surface area contributed by atoms with Gasteiger partial charge in [0, 0.05) is 4.47 Å². The van der Waals surface area contributed by atoms with Crippen molar-refractivity contribution in [3.63, 3.8) is 0 Å². The second kappa shape index (κ2) is 6.96. The van der Waals surface area contributed by atoms with Gasteiger partial charge >= 0.3 is 0 Å². The first-order valence-corrected chi connectivity index (χ1v) is 7.86. The lowest BCUT2D eigenvalue weighted by Crippen LogP contribution is -1.88. The first kappa shape index (κ1) is 15.9. The molecule has 0 aliphatic rings. The number of nitriles is 1. The van der Waals surface area contributed by atoms with Crippen molar-refractivity contribution in [2.24, 2.45) is 0 Å². The molecule has 0 aliphatic heterocycles. The van der Waals surface area contributed by atoms with Gasteiger partial charge in [-0.2, -0.15) is 5.26 Å². The minimum Gasteiger partial charge on any atom is -0.504 e. The quantitative estimate of drug-likeness (QED) is 0.409. The number of benzene rings is 2. The summed E-state index contributed by atoms with van der Waals surface area (Å²) in [6.07, 6.45) is 1.77. The molecule has 21 heavy (non-hydrogen) atoms. The van der Waals surface area contributed by atoms with E-state index in [0.29, 0.717) is 14.9 Å². The summed E-state index contributed by atoms with van der Waals surface area (Å²) in [5.41, 5.74) is 2.18. The molecule has 0 amide bonds. The Morgan fingerprint density at radius 3 is 2.57 bits per heavy atom. The highest BCUT2D eigenvalue weighted by molar-refractivity contribution is 14.1. The van der Waals surface area contributed by atoms with E-state index in [0.717, 1.165) is 15.6 Å². The van der Waals surface area contributed by atoms with Gasteiger partial charge in [-0.3, -0.25) is 0 Å². The smallest absolute Gasteiger partial charge is 0.171 e. The molecule has 0 unspecified atom stereocenters. The van der Waals surface area contributed by atoms with Crippen LogP contribution in [0, 0.1) is 14.9 Å². The van der Waals surface area contributed by atoms with E-state index in [1.54, 1.807) is 18.2 Å². The average Bonchev–Trinajstić information content (AvgIpc) is 2.49. The van der Waals surface area contributed by atoms with E-state index in [1.807, 2.05) is 46.9 Å². The highest BCUT2D eigenvalue weighted by atomic mass is 127. The van der Waals surface area contributed by atoms with Crippen molar-refractivity contribution >= 4 is 50.2 Å². The maximum absolute atomic E-state index is 9.84. The lowest BCUT2D eigenvalue weighted by Gasteiger charge is -2.07. The van der Waals surface area contributed by atoms with Crippen molar-refractivity contribution in [3.05, 3.63) is 55.6 Å². The van der Waals surface area contributed by atoms with Gasteiger partial charge in [-0.1, -0.05) is 28.1 Å². The Labute approximate surface area is 145 Å². The van der Waals surface area contributed by atoms with Crippen LogP contribution in [-0.2, 0) is 0 Å². The Bertz CT molecular complexity index is 733.